The predicted octanol–water partition coefficient (Wildman–Crippen LogP) is 2.74. The predicted molar refractivity (Wildman–Crippen MR) is 105 cm³/mol. The quantitative estimate of drug-likeness (QED) is 0.354. The number of pyridine rings is 1. The lowest BCUT2D eigenvalue weighted by Gasteiger charge is -2.19. The Morgan fingerprint density at radius 2 is 1.88 bits per heavy atom. The average molecular weight is 503 g/mol. The van der Waals surface area contributed by atoms with E-state index in [2.05, 4.69) is 29.8 Å². The Hall–Kier alpha value is -3.69. The first-order valence-electron chi connectivity index (χ1n) is 9.43. The van der Waals surface area contributed by atoms with E-state index in [-0.39, 0.29) is 33.5 Å². The first kappa shape index (κ1) is 23.5. The third-order valence-corrected chi connectivity index (χ3v) is 6.41. The Balaban J connectivity index is 1.83. The van der Waals surface area contributed by atoms with Crippen LogP contribution in [0.4, 0.5) is 22.0 Å². The molecule has 0 aliphatic rings. The van der Waals surface area contributed by atoms with E-state index in [1.54, 1.807) is 0 Å². The fourth-order valence-corrected chi connectivity index (χ4v) is 3.91. The molecule has 0 unspecified atom stereocenters. The van der Waals surface area contributed by atoms with Crippen LogP contribution in [-0.4, -0.2) is 67.0 Å². The topological polar surface area (TPSA) is 117 Å². The second kappa shape index (κ2) is 8.27. The van der Waals surface area contributed by atoms with Crippen LogP contribution in [0.25, 0.3) is 22.9 Å². The lowest BCUT2D eigenvalue weighted by molar-refractivity contribution is -0.290. The van der Waals surface area contributed by atoms with Gasteiger partial charge in [0, 0.05) is 12.4 Å². The highest BCUT2D eigenvalue weighted by Gasteiger charge is 2.58. The monoisotopic (exact) mass is 503 g/mol. The number of hydrogen-bond donors (Lipinski definition) is 0. The molecule has 0 saturated heterocycles. The summed E-state index contributed by atoms with van der Waals surface area (Å²) in [5.41, 5.74) is -0.184. The highest BCUT2D eigenvalue weighted by atomic mass is 32.2. The number of nitrogens with zero attached hydrogens (tertiary/aromatic N) is 7. The second-order valence-corrected chi connectivity index (χ2v) is 9.07. The number of fused-ring (bicyclic) bond motifs is 1. The molecule has 0 saturated carbocycles. The molecule has 0 radical (unpaired) electrons. The van der Waals surface area contributed by atoms with E-state index in [0.29, 0.717) is 0 Å². The molecule has 34 heavy (non-hydrogen) atoms. The number of aromatic nitrogens is 7. The van der Waals surface area contributed by atoms with Crippen LogP contribution in [0.15, 0.2) is 48.3 Å². The molecular weight excluding hydrogens is 489 g/mol. The van der Waals surface area contributed by atoms with E-state index < -0.39 is 34.4 Å². The van der Waals surface area contributed by atoms with Crippen LogP contribution < -0.4 is 4.74 Å². The summed E-state index contributed by atoms with van der Waals surface area (Å²) in [6.45, 7) is -0.565. The molecule has 16 heteroatoms. The molecule has 4 aromatic rings. The largest absolute Gasteiger partial charge is 0.469 e. The van der Waals surface area contributed by atoms with Crippen molar-refractivity contribution in [2.75, 3.05) is 12.4 Å². The summed E-state index contributed by atoms with van der Waals surface area (Å²) in [7, 11) is -3.80. The van der Waals surface area contributed by atoms with E-state index in [1.165, 1.54) is 47.0 Å². The van der Waals surface area contributed by atoms with Crippen molar-refractivity contribution in [2.24, 2.45) is 0 Å². The molecule has 0 N–H and O–H groups in total. The summed E-state index contributed by atoms with van der Waals surface area (Å²) in [6.07, 6.45) is 0.247. The van der Waals surface area contributed by atoms with Crippen molar-refractivity contribution < 1.29 is 35.1 Å². The Bertz CT molecular complexity index is 1440. The van der Waals surface area contributed by atoms with Gasteiger partial charge in [0.1, 0.15) is 23.9 Å². The summed E-state index contributed by atoms with van der Waals surface area (Å²) in [6, 6.07) is 2.72. The van der Waals surface area contributed by atoms with Gasteiger partial charge >= 0.3 is 12.1 Å². The molecule has 0 aliphatic carbocycles. The van der Waals surface area contributed by atoms with E-state index >= 15 is 0 Å². The summed E-state index contributed by atoms with van der Waals surface area (Å²) in [5.74, 6) is -5.76. The number of ether oxygens (including phenoxy) is 1. The summed E-state index contributed by atoms with van der Waals surface area (Å²) in [4.78, 5) is 15.8. The first-order valence-corrected chi connectivity index (χ1v) is 11.1. The Morgan fingerprint density at radius 1 is 1.12 bits per heavy atom. The van der Waals surface area contributed by atoms with Gasteiger partial charge in [-0.3, -0.25) is 4.40 Å². The Morgan fingerprint density at radius 3 is 2.53 bits per heavy atom. The van der Waals surface area contributed by atoms with E-state index in [1.807, 2.05) is 0 Å². The van der Waals surface area contributed by atoms with Crippen molar-refractivity contribution in [1.82, 2.24) is 34.1 Å². The lowest BCUT2D eigenvalue weighted by atomic mass is 10.3. The second-order valence-electron chi connectivity index (χ2n) is 6.82. The molecule has 0 atom stereocenters. The Kier molecular flexibility index (Phi) is 5.71. The number of imidazole rings is 1. The molecular formula is C18H14F5N7O3S. The zero-order valence-electron chi connectivity index (χ0n) is 17.1. The average Bonchev–Trinajstić information content (AvgIpc) is 3.47. The third-order valence-electron chi connectivity index (χ3n) is 4.65. The van der Waals surface area contributed by atoms with Gasteiger partial charge in [-0.2, -0.15) is 27.1 Å². The normalized spacial score (nSPS) is 12.9. The molecule has 0 aliphatic heterocycles. The summed E-state index contributed by atoms with van der Waals surface area (Å²) < 4.78 is 96.5. The molecule has 0 spiro atoms. The molecule has 4 rings (SSSR count). The molecule has 4 heterocycles. The maximum Gasteiger partial charge on any atom is 0.456 e. The maximum absolute atomic E-state index is 13.3. The van der Waals surface area contributed by atoms with Crippen LogP contribution >= 0.6 is 0 Å². The smallest absolute Gasteiger partial charge is 0.456 e. The van der Waals surface area contributed by atoms with Gasteiger partial charge in [0.2, 0.25) is 5.88 Å². The fraction of sp³-hybridized carbons (Fsp3) is 0.278. The molecule has 4 aromatic heterocycles. The number of alkyl halides is 5. The van der Waals surface area contributed by atoms with Crippen LogP contribution in [0.1, 0.15) is 6.92 Å². The standard InChI is InChI=1S/C18H14F5N7O3S/c1-2-34(31,32)12-3-4-13(30-10-24-9-27-30)28-14(12)15-26-7-11-16(25-5-6-29(11)15)33-8-17(19,20)18(21,22)23/h3-7,9-10H,2,8H2,1H3. The minimum Gasteiger partial charge on any atom is -0.469 e. The van der Waals surface area contributed by atoms with E-state index in [4.69, 9.17) is 0 Å². The zero-order chi connectivity index (χ0) is 24.7. The van der Waals surface area contributed by atoms with Gasteiger partial charge in [0.25, 0.3) is 0 Å². The molecule has 0 amide bonds. The number of rotatable bonds is 7. The van der Waals surface area contributed by atoms with Crippen LogP contribution in [0.3, 0.4) is 0 Å². The van der Waals surface area contributed by atoms with Crippen molar-refractivity contribution in [1.29, 1.82) is 0 Å². The first-order chi connectivity index (χ1) is 15.9. The van der Waals surface area contributed by atoms with Crippen molar-refractivity contribution in [3.63, 3.8) is 0 Å². The van der Waals surface area contributed by atoms with Gasteiger partial charge in [0.05, 0.1) is 16.8 Å². The van der Waals surface area contributed by atoms with E-state index in [9.17, 15) is 30.4 Å². The van der Waals surface area contributed by atoms with Crippen molar-refractivity contribution in [3.8, 4) is 23.2 Å². The van der Waals surface area contributed by atoms with Crippen LogP contribution in [-0.2, 0) is 9.84 Å². The Labute approximate surface area is 188 Å². The number of hydrogen-bond acceptors (Lipinski definition) is 8. The molecule has 10 nitrogen and oxygen atoms in total. The zero-order valence-corrected chi connectivity index (χ0v) is 17.9. The SMILES string of the molecule is CCS(=O)(=O)c1ccc(-n2cncn2)nc1-c1ncc2c(OCC(F)(F)C(F)(F)F)nccn12. The minimum absolute atomic E-state index is 0.0428. The number of halogens is 5. The van der Waals surface area contributed by atoms with Gasteiger partial charge in [-0.15, -0.1) is 0 Å². The maximum atomic E-state index is 13.3. The molecule has 0 aromatic carbocycles. The van der Waals surface area contributed by atoms with Gasteiger partial charge in [-0.1, -0.05) is 6.92 Å². The lowest BCUT2D eigenvalue weighted by Crippen LogP contribution is -2.41. The van der Waals surface area contributed by atoms with Gasteiger partial charge in [0.15, 0.2) is 28.1 Å². The van der Waals surface area contributed by atoms with Gasteiger partial charge in [-0.25, -0.2) is 33.0 Å². The van der Waals surface area contributed by atoms with Crippen LogP contribution in [0, 0.1) is 0 Å². The van der Waals surface area contributed by atoms with Gasteiger partial charge in [-0.05, 0) is 12.1 Å². The summed E-state index contributed by atoms with van der Waals surface area (Å²) >= 11 is 0. The molecule has 0 fully saturated rings. The van der Waals surface area contributed by atoms with Crippen molar-refractivity contribution >= 4 is 15.4 Å². The van der Waals surface area contributed by atoms with E-state index in [0.717, 1.165) is 12.4 Å². The highest BCUT2D eigenvalue weighted by Crippen LogP contribution is 2.36. The molecule has 180 valence electrons. The summed E-state index contributed by atoms with van der Waals surface area (Å²) in [5, 5.41) is 3.94. The van der Waals surface area contributed by atoms with Crippen LogP contribution in [0.5, 0.6) is 5.88 Å². The third kappa shape index (κ3) is 4.15. The van der Waals surface area contributed by atoms with Crippen LogP contribution in [0.2, 0.25) is 0 Å². The highest BCUT2D eigenvalue weighted by molar-refractivity contribution is 7.91. The minimum atomic E-state index is -5.81. The van der Waals surface area contributed by atoms with Crippen molar-refractivity contribution in [2.45, 2.75) is 23.9 Å². The van der Waals surface area contributed by atoms with Gasteiger partial charge < -0.3 is 4.74 Å². The molecule has 0 bridgehead atoms. The number of sulfone groups is 1. The van der Waals surface area contributed by atoms with Crippen molar-refractivity contribution in [3.05, 3.63) is 43.4 Å². The fourth-order valence-electron chi connectivity index (χ4n) is 2.89.